The number of ether oxygens (including phenoxy) is 5. The summed E-state index contributed by atoms with van der Waals surface area (Å²) in [7, 11) is 0. The Bertz CT molecular complexity index is 1040. The molecule has 0 saturated carbocycles. The van der Waals surface area contributed by atoms with Crippen LogP contribution in [0.4, 0.5) is 0 Å². The van der Waals surface area contributed by atoms with E-state index in [0.29, 0.717) is 11.9 Å². The van der Waals surface area contributed by atoms with E-state index in [1.807, 2.05) is 0 Å². The molecule has 6 atom stereocenters. The topological polar surface area (TPSA) is 192 Å². The molecule has 14 nitrogen and oxygen atoms in total. The monoisotopic (exact) mass is 571 g/mol. The molecular formula is C26H37NO13. The lowest BCUT2D eigenvalue weighted by molar-refractivity contribution is -0.586. The highest BCUT2D eigenvalue weighted by Crippen LogP contribution is 2.46. The minimum atomic E-state index is -1.85. The molecule has 14 heteroatoms. The summed E-state index contributed by atoms with van der Waals surface area (Å²) in [6, 6.07) is 0. The fraction of sp³-hybridized carbons (Fsp3) is 0.692. The van der Waals surface area contributed by atoms with Crippen LogP contribution in [0.1, 0.15) is 74.1 Å². The summed E-state index contributed by atoms with van der Waals surface area (Å²) in [6.07, 6.45) is -6.66. The summed E-state index contributed by atoms with van der Waals surface area (Å²) in [5.41, 5.74) is -0.405. The molecule has 0 fully saturated rings. The lowest BCUT2D eigenvalue weighted by Gasteiger charge is -2.44. The molecule has 0 saturated heterocycles. The van der Waals surface area contributed by atoms with Gasteiger partial charge in [0.05, 0.1) is 5.92 Å². The van der Waals surface area contributed by atoms with Crippen molar-refractivity contribution in [1.29, 1.82) is 0 Å². The number of carbonyl (C=O) groups is 6. The van der Waals surface area contributed by atoms with Crippen LogP contribution in [0.15, 0.2) is 11.1 Å². The highest BCUT2D eigenvalue weighted by atomic mass is 16.6. The highest BCUT2D eigenvalue weighted by Gasteiger charge is 2.60. The predicted molar refractivity (Wildman–Crippen MR) is 135 cm³/mol. The van der Waals surface area contributed by atoms with Crippen LogP contribution in [-0.4, -0.2) is 77.6 Å². The summed E-state index contributed by atoms with van der Waals surface area (Å²) >= 11 is 0. The molecule has 1 aliphatic rings. The fourth-order valence-corrected chi connectivity index (χ4v) is 4.97. The number of esters is 5. The molecular weight excluding hydrogens is 534 g/mol. The molecule has 0 aromatic carbocycles. The van der Waals surface area contributed by atoms with Crippen molar-refractivity contribution >= 4 is 36.1 Å². The first kappa shape index (κ1) is 34.2. The maximum absolute atomic E-state index is 12.7. The number of hydrogen-bond donors (Lipinski definition) is 0. The number of carbonyl (C=O) groups excluding carboxylic acids is 6. The summed E-state index contributed by atoms with van der Waals surface area (Å²) in [5, 5.41) is 12.7. The van der Waals surface area contributed by atoms with Gasteiger partial charge in [-0.15, -0.1) is 0 Å². The van der Waals surface area contributed by atoms with Crippen LogP contribution in [0.25, 0.3) is 0 Å². The minimum Gasteiger partial charge on any atom is -0.462 e. The smallest absolute Gasteiger partial charge is 0.303 e. The average Bonchev–Trinajstić information content (AvgIpc) is 2.82. The van der Waals surface area contributed by atoms with E-state index in [4.69, 9.17) is 23.7 Å². The van der Waals surface area contributed by atoms with E-state index >= 15 is 0 Å². The Morgan fingerprint density at radius 2 is 1.40 bits per heavy atom. The Labute approximate surface area is 231 Å². The Kier molecular flexibility index (Phi) is 12.9. The Morgan fingerprint density at radius 3 is 1.85 bits per heavy atom. The van der Waals surface area contributed by atoms with Gasteiger partial charge in [0.2, 0.25) is 5.54 Å². The van der Waals surface area contributed by atoms with Crippen LogP contribution in [0.2, 0.25) is 0 Å². The molecule has 0 aromatic heterocycles. The van der Waals surface area contributed by atoms with Crippen molar-refractivity contribution in [3.05, 3.63) is 21.3 Å². The van der Waals surface area contributed by atoms with Crippen molar-refractivity contribution in [3.8, 4) is 0 Å². The molecule has 0 N–H and O–H groups in total. The quantitative estimate of drug-likeness (QED) is 0.0735. The summed E-state index contributed by atoms with van der Waals surface area (Å²) in [4.78, 5) is 83.8. The first-order chi connectivity index (χ1) is 18.5. The molecule has 1 rings (SSSR count). The number of nitro groups is 1. The lowest BCUT2D eigenvalue weighted by Crippen LogP contribution is -2.61. The largest absolute Gasteiger partial charge is 0.462 e. The van der Waals surface area contributed by atoms with E-state index in [1.54, 1.807) is 13.8 Å². The van der Waals surface area contributed by atoms with Crippen LogP contribution in [0.5, 0.6) is 0 Å². The Morgan fingerprint density at radius 1 is 0.875 bits per heavy atom. The van der Waals surface area contributed by atoms with E-state index in [9.17, 15) is 38.9 Å². The third-order valence-corrected chi connectivity index (χ3v) is 6.66. The summed E-state index contributed by atoms with van der Waals surface area (Å²) in [5.74, 6) is -5.61. The van der Waals surface area contributed by atoms with E-state index in [2.05, 4.69) is 0 Å². The first-order valence-corrected chi connectivity index (χ1v) is 12.6. The first-order valence-electron chi connectivity index (χ1n) is 12.6. The maximum Gasteiger partial charge on any atom is 0.303 e. The predicted octanol–water partition coefficient (Wildman–Crippen LogP) is 2.02. The van der Waals surface area contributed by atoms with Gasteiger partial charge in [0.15, 0.2) is 24.4 Å². The normalized spacial score (nSPS) is 21.6. The summed E-state index contributed by atoms with van der Waals surface area (Å²) in [6.45, 7) is 7.98. The number of aldehydes is 1. The molecule has 0 bridgehead atoms. The van der Waals surface area contributed by atoms with Crippen molar-refractivity contribution in [3.63, 3.8) is 0 Å². The van der Waals surface area contributed by atoms with Gasteiger partial charge in [0.1, 0.15) is 12.9 Å². The van der Waals surface area contributed by atoms with Crippen LogP contribution >= 0.6 is 0 Å². The van der Waals surface area contributed by atoms with Crippen LogP contribution in [0.3, 0.4) is 0 Å². The lowest BCUT2D eigenvalue weighted by atomic mass is 9.65. The Hall–Kier alpha value is -3.84. The van der Waals surface area contributed by atoms with Crippen LogP contribution < -0.4 is 0 Å². The van der Waals surface area contributed by atoms with E-state index in [0.717, 1.165) is 40.2 Å². The van der Waals surface area contributed by atoms with Crippen molar-refractivity contribution in [2.24, 2.45) is 5.92 Å². The SMILES string of the molecule is CC(=O)OC[C@@H](OC(C)=O)[C@H](OC(C)=O)[C@H](OC(C)=O)[C@@H](OC(C)=O)[C@H]1CC(C)=C(C)C[C@@]1(CCC=O)[N+](=O)[O-]. The second kappa shape index (κ2) is 15.1. The molecule has 0 spiro atoms. The standard InChI is InChI=1S/C26H37NO13/c1-14-11-21(26(27(34)35,9-8-10-28)12-15(14)2)23(38-18(5)31)25(40-20(7)33)24(39-19(6)32)22(37-17(4)30)13-36-16(3)29/h10,21-25H,8-9,11-13H2,1-7H3/t21-,22-,23+,24+,25-,26-/m1/s1. The van der Waals surface area contributed by atoms with E-state index in [1.165, 1.54) is 0 Å². The van der Waals surface area contributed by atoms with Gasteiger partial charge >= 0.3 is 29.8 Å². The zero-order valence-corrected chi connectivity index (χ0v) is 23.8. The minimum absolute atomic E-state index is 0.00362. The molecule has 1 aliphatic carbocycles. The summed E-state index contributed by atoms with van der Waals surface area (Å²) < 4.78 is 26.7. The Balaban J connectivity index is 3.96. The number of hydrogen-bond acceptors (Lipinski definition) is 13. The molecule has 0 aliphatic heterocycles. The molecule has 0 radical (unpaired) electrons. The van der Waals surface area contributed by atoms with Crippen LogP contribution in [-0.2, 0) is 52.5 Å². The van der Waals surface area contributed by atoms with E-state index < -0.39 is 77.2 Å². The van der Waals surface area contributed by atoms with Gasteiger partial charge in [-0.2, -0.15) is 0 Å². The number of rotatable bonds is 14. The van der Waals surface area contributed by atoms with E-state index in [-0.39, 0.29) is 25.7 Å². The van der Waals surface area contributed by atoms with Gasteiger partial charge in [-0.05, 0) is 20.3 Å². The van der Waals surface area contributed by atoms with Gasteiger partial charge in [-0.3, -0.25) is 34.1 Å². The molecule has 40 heavy (non-hydrogen) atoms. The third-order valence-electron chi connectivity index (χ3n) is 6.66. The zero-order chi connectivity index (χ0) is 30.8. The number of allylic oxidation sites excluding steroid dienone is 1. The van der Waals surface area contributed by atoms with Gasteiger partial charge in [-0.1, -0.05) is 11.1 Å². The average molecular weight is 572 g/mol. The second-order valence-electron chi connectivity index (χ2n) is 9.79. The van der Waals surface area contributed by atoms with Crippen LogP contribution in [0, 0.1) is 16.0 Å². The molecule has 0 amide bonds. The molecule has 224 valence electrons. The molecule has 0 aromatic rings. The maximum atomic E-state index is 12.7. The zero-order valence-electron chi connectivity index (χ0n) is 23.8. The van der Waals surface area contributed by atoms with Crippen molar-refractivity contribution in [1.82, 2.24) is 0 Å². The third kappa shape index (κ3) is 9.42. The van der Waals surface area contributed by atoms with Crippen molar-refractivity contribution in [2.45, 2.75) is 104 Å². The number of nitrogens with zero attached hydrogens (tertiary/aromatic N) is 1. The van der Waals surface area contributed by atoms with Gasteiger partial charge in [0, 0.05) is 58.8 Å². The highest BCUT2D eigenvalue weighted by molar-refractivity contribution is 5.69. The molecule has 0 unspecified atom stereocenters. The molecule has 0 heterocycles. The van der Waals surface area contributed by atoms with Crippen molar-refractivity contribution < 1.29 is 57.4 Å². The van der Waals surface area contributed by atoms with Gasteiger partial charge in [-0.25, -0.2) is 0 Å². The second-order valence-corrected chi connectivity index (χ2v) is 9.79. The fourth-order valence-electron chi connectivity index (χ4n) is 4.97. The van der Waals surface area contributed by atoms with Gasteiger partial charge in [0.25, 0.3) is 0 Å². The van der Waals surface area contributed by atoms with Crippen molar-refractivity contribution in [2.75, 3.05) is 6.61 Å². The van der Waals surface area contributed by atoms with Gasteiger partial charge < -0.3 is 28.5 Å².